The number of aliphatic carboxylic acids is 1. The van der Waals surface area contributed by atoms with Gasteiger partial charge in [-0.1, -0.05) is 56.7 Å². The Balaban J connectivity index is 1.76. The fourth-order valence-corrected chi connectivity index (χ4v) is 3.31. The van der Waals surface area contributed by atoms with Crippen LogP contribution < -0.4 is 10.1 Å². The van der Waals surface area contributed by atoms with Crippen LogP contribution in [0, 0.1) is 0 Å². The minimum Gasteiger partial charge on any atom is -0.487 e. The molecule has 1 saturated heterocycles. The summed E-state index contributed by atoms with van der Waals surface area (Å²) in [6, 6.07) is 5.41. The van der Waals surface area contributed by atoms with Gasteiger partial charge in [0, 0.05) is 13.0 Å². The molecule has 1 fully saturated rings. The van der Waals surface area contributed by atoms with E-state index in [1.54, 1.807) is 0 Å². The molecule has 1 aliphatic rings. The van der Waals surface area contributed by atoms with Crippen LogP contribution in [0.15, 0.2) is 18.2 Å². The standard InChI is InChI=1S/C19H28ClNO3/c1-2-3-4-5-6-7-8-14-9-10-18(16(20)11-14)24-15-12-17(19(22)23)21-13-15/h9-11,15,17,21H,2-8,12-13H2,1H3,(H,22,23)/t15?,17-/m0/s1. The van der Waals surface area contributed by atoms with Crippen molar-refractivity contribution in [2.45, 2.75) is 70.4 Å². The number of nitrogens with one attached hydrogen (secondary N) is 1. The molecule has 4 nitrogen and oxygen atoms in total. The third-order valence-corrected chi connectivity index (χ3v) is 4.79. The van der Waals surface area contributed by atoms with Crippen LogP contribution in [0.1, 0.15) is 57.4 Å². The Morgan fingerprint density at radius 2 is 2.04 bits per heavy atom. The normalized spacial score (nSPS) is 20.2. The molecule has 0 spiro atoms. The second-order valence-corrected chi connectivity index (χ2v) is 6.96. The average Bonchev–Trinajstić information content (AvgIpc) is 3.02. The predicted molar refractivity (Wildman–Crippen MR) is 97.0 cm³/mol. The van der Waals surface area contributed by atoms with Crippen molar-refractivity contribution in [3.63, 3.8) is 0 Å². The summed E-state index contributed by atoms with van der Waals surface area (Å²) in [5, 5.41) is 12.5. The number of rotatable bonds is 10. The SMILES string of the molecule is CCCCCCCCc1ccc(OC2CN[C@H](C(=O)O)C2)c(Cl)c1. The number of aryl methyl sites for hydroxylation is 1. The molecule has 1 aromatic rings. The summed E-state index contributed by atoms with van der Waals surface area (Å²) in [7, 11) is 0. The first-order chi connectivity index (χ1) is 11.6. The van der Waals surface area contributed by atoms with Gasteiger partial charge in [0.15, 0.2) is 0 Å². The third kappa shape index (κ3) is 5.99. The summed E-state index contributed by atoms with van der Waals surface area (Å²) in [5.74, 6) is -0.192. The van der Waals surface area contributed by atoms with Crippen LogP contribution in [-0.2, 0) is 11.2 Å². The molecule has 134 valence electrons. The van der Waals surface area contributed by atoms with Crippen molar-refractivity contribution in [1.29, 1.82) is 0 Å². The minimum absolute atomic E-state index is 0.145. The summed E-state index contributed by atoms with van der Waals surface area (Å²) in [5.41, 5.74) is 1.23. The highest BCUT2D eigenvalue weighted by Crippen LogP contribution is 2.28. The highest BCUT2D eigenvalue weighted by molar-refractivity contribution is 6.32. The Hall–Kier alpha value is -1.26. The summed E-state index contributed by atoms with van der Waals surface area (Å²) in [4.78, 5) is 11.0. The molecule has 0 saturated carbocycles. The second-order valence-electron chi connectivity index (χ2n) is 6.56. The topological polar surface area (TPSA) is 58.6 Å². The smallest absolute Gasteiger partial charge is 0.320 e. The molecule has 1 aromatic carbocycles. The van der Waals surface area contributed by atoms with E-state index in [4.69, 9.17) is 21.4 Å². The Kier molecular flexibility index (Phi) is 7.86. The molecule has 0 bridgehead atoms. The number of ether oxygens (including phenoxy) is 1. The molecule has 5 heteroatoms. The minimum atomic E-state index is -0.832. The largest absolute Gasteiger partial charge is 0.487 e. The van der Waals surface area contributed by atoms with E-state index in [0.29, 0.717) is 23.7 Å². The lowest BCUT2D eigenvalue weighted by molar-refractivity contribution is -0.139. The average molecular weight is 354 g/mol. The maximum atomic E-state index is 11.0. The number of hydrogen-bond acceptors (Lipinski definition) is 3. The van der Waals surface area contributed by atoms with E-state index in [1.165, 1.54) is 44.1 Å². The van der Waals surface area contributed by atoms with Crippen molar-refractivity contribution >= 4 is 17.6 Å². The number of hydrogen-bond donors (Lipinski definition) is 2. The van der Waals surface area contributed by atoms with Crippen LogP contribution in [0.3, 0.4) is 0 Å². The monoisotopic (exact) mass is 353 g/mol. The van der Waals surface area contributed by atoms with Gasteiger partial charge in [-0.25, -0.2) is 0 Å². The number of benzene rings is 1. The van der Waals surface area contributed by atoms with E-state index in [-0.39, 0.29) is 6.10 Å². The lowest BCUT2D eigenvalue weighted by atomic mass is 10.0. The molecule has 2 rings (SSSR count). The van der Waals surface area contributed by atoms with Crippen LogP contribution in [0.2, 0.25) is 5.02 Å². The van der Waals surface area contributed by atoms with Crippen molar-refractivity contribution in [3.8, 4) is 5.75 Å². The predicted octanol–water partition coefficient (Wildman–Crippen LogP) is 4.44. The molecule has 2 N–H and O–H groups in total. The van der Waals surface area contributed by atoms with E-state index in [2.05, 4.69) is 18.3 Å². The number of unbranched alkanes of at least 4 members (excludes halogenated alkanes) is 5. The molecule has 0 amide bonds. The summed E-state index contributed by atoms with van der Waals surface area (Å²) in [6.45, 7) is 2.77. The van der Waals surface area contributed by atoms with Gasteiger partial charge in [-0.15, -0.1) is 0 Å². The van der Waals surface area contributed by atoms with Gasteiger partial charge in [-0.05, 0) is 30.5 Å². The Morgan fingerprint density at radius 3 is 2.71 bits per heavy atom. The number of halogens is 1. The van der Waals surface area contributed by atoms with Gasteiger partial charge >= 0.3 is 5.97 Å². The highest BCUT2D eigenvalue weighted by atomic mass is 35.5. The fourth-order valence-electron chi connectivity index (χ4n) is 3.07. The lowest BCUT2D eigenvalue weighted by Gasteiger charge is -2.14. The van der Waals surface area contributed by atoms with Gasteiger partial charge in [0.05, 0.1) is 5.02 Å². The number of carbonyl (C=O) groups is 1. The van der Waals surface area contributed by atoms with Crippen LogP contribution in [-0.4, -0.2) is 29.8 Å². The zero-order chi connectivity index (χ0) is 17.4. The maximum absolute atomic E-state index is 11.0. The number of carboxylic acid groups (broad SMARTS) is 1. The fraction of sp³-hybridized carbons (Fsp3) is 0.632. The van der Waals surface area contributed by atoms with Gasteiger partial charge in [-0.2, -0.15) is 0 Å². The maximum Gasteiger partial charge on any atom is 0.320 e. The molecule has 0 aromatic heterocycles. The lowest BCUT2D eigenvalue weighted by Crippen LogP contribution is -2.30. The molecule has 0 radical (unpaired) electrons. The van der Waals surface area contributed by atoms with Crippen LogP contribution in [0.4, 0.5) is 0 Å². The molecular weight excluding hydrogens is 326 g/mol. The van der Waals surface area contributed by atoms with Crippen molar-refractivity contribution < 1.29 is 14.6 Å². The summed E-state index contributed by atoms with van der Waals surface area (Å²) < 4.78 is 5.85. The summed E-state index contributed by atoms with van der Waals surface area (Å²) in [6.07, 6.45) is 9.06. The molecular formula is C19H28ClNO3. The Bertz CT molecular complexity index is 535. The molecule has 1 heterocycles. The van der Waals surface area contributed by atoms with Crippen molar-refractivity contribution in [2.24, 2.45) is 0 Å². The van der Waals surface area contributed by atoms with E-state index >= 15 is 0 Å². The summed E-state index contributed by atoms with van der Waals surface area (Å²) >= 11 is 6.33. The van der Waals surface area contributed by atoms with E-state index in [9.17, 15) is 4.79 Å². The quantitative estimate of drug-likeness (QED) is 0.610. The molecule has 1 unspecified atom stereocenters. The van der Waals surface area contributed by atoms with Crippen molar-refractivity contribution in [3.05, 3.63) is 28.8 Å². The van der Waals surface area contributed by atoms with Crippen LogP contribution in [0.5, 0.6) is 5.75 Å². The Morgan fingerprint density at radius 1 is 1.29 bits per heavy atom. The van der Waals surface area contributed by atoms with Crippen LogP contribution >= 0.6 is 11.6 Å². The first-order valence-corrected chi connectivity index (χ1v) is 9.39. The van der Waals surface area contributed by atoms with Gasteiger partial charge < -0.3 is 15.2 Å². The van der Waals surface area contributed by atoms with Crippen molar-refractivity contribution in [2.75, 3.05) is 6.54 Å². The van der Waals surface area contributed by atoms with E-state index in [1.807, 2.05) is 12.1 Å². The highest BCUT2D eigenvalue weighted by Gasteiger charge is 2.30. The van der Waals surface area contributed by atoms with Gasteiger partial charge in [0.25, 0.3) is 0 Å². The zero-order valence-corrected chi connectivity index (χ0v) is 15.1. The third-order valence-electron chi connectivity index (χ3n) is 4.50. The molecule has 0 aliphatic carbocycles. The van der Waals surface area contributed by atoms with Crippen LogP contribution in [0.25, 0.3) is 0 Å². The zero-order valence-electron chi connectivity index (χ0n) is 14.4. The Labute approximate surface area is 149 Å². The molecule has 2 atom stereocenters. The molecule has 24 heavy (non-hydrogen) atoms. The van der Waals surface area contributed by atoms with E-state index < -0.39 is 12.0 Å². The number of carboxylic acids is 1. The molecule has 1 aliphatic heterocycles. The van der Waals surface area contributed by atoms with Crippen molar-refractivity contribution in [1.82, 2.24) is 5.32 Å². The first-order valence-electron chi connectivity index (χ1n) is 9.01. The van der Waals surface area contributed by atoms with Gasteiger partial charge in [0.2, 0.25) is 0 Å². The van der Waals surface area contributed by atoms with Gasteiger partial charge in [-0.3, -0.25) is 4.79 Å². The second kappa shape index (κ2) is 9.90. The van der Waals surface area contributed by atoms with E-state index in [0.717, 1.165) is 6.42 Å². The first kappa shape index (κ1) is 19.1. The van der Waals surface area contributed by atoms with Gasteiger partial charge in [0.1, 0.15) is 17.9 Å².